The second-order valence-electron chi connectivity index (χ2n) is 9.64. The molecule has 1 aliphatic rings. The summed E-state index contributed by atoms with van der Waals surface area (Å²) in [5.74, 6) is -0.353. The summed E-state index contributed by atoms with van der Waals surface area (Å²) >= 11 is 0. The van der Waals surface area contributed by atoms with Gasteiger partial charge in [-0.25, -0.2) is 0 Å². The second-order valence-corrected chi connectivity index (χ2v) is 9.64. The third-order valence-electron chi connectivity index (χ3n) is 6.57. The van der Waals surface area contributed by atoms with Crippen LogP contribution in [0.15, 0.2) is 54.6 Å². The van der Waals surface area contributed by atoms with Gasteiger partial charge in [-0.15, -0.1) is 0 Å². The molecule has 1 aliphatic carbocycles. The van der Waals surface area contributed by atoms with Crippen molar-refractivity contribution in [2.24, 2.45) is 11.8 Å². The molecule has 0 spiro atoms. The summed E-state index contributed by atoms with van der Waals surface area (Å²) in [5, 5.41) is 16.4. The van der Waals surface area contributed by atoms with Crippen molar-refractivity contribution < 1.29 is 9.59 Å². The zero-order chi connectivity index (χ0) is 24.1. The van der Waals surface area contributed by atoms with Gasteiger partial charge in [-0.05, 0) is 48.4 Å². The second kappa shape index (κ2) is 10.6. The van der Waals surface area contributed by atoms with E-state index in [1.54, 1.807) is 0 Å². The Morgan fingerprint density at radius 1 is 1.06 bits per heavy atom. The van der Waals surface area contributed by atoms with Crippen molar-refractivity contribution in [3.63, 3.8) is 0 Å². The Kier molecular flexibility index (Phi) is 7.32. The number of amides is 2. The largest absolute Gasteiger partial charge is 0.351 e. The van der Waals surface area contributed by atoms with E-state index in [4.69, 9.17) is 0 Å². The molecule has 3 unspecified atom stereocenters. The Morgan fingerprint density at radius 3 is 2.56 bits per heavy atom. The molecule has 0 saturated heterocycles. The highest BCUT2D eigenvalue weighted by atomic mass is 16.2. The molecule has 2 aromatic carbocycles. The lowest BCUT2D eigenvalue weighted by molar-refractivity contribution is -0.127. The van der Waals surface area contributed by atoms with E-state index in [0.29, 0.717) is 24.5 Å². The van der Waals surface area contributed by atoms with Crippen molar-refractivity contribution in [1.82, 2.24) is 15.6 Å². The molecule has 1 fully saturated rings. The molecule has 3 atom stereocenters. The summed E-state index contributed by atoms with van der Waals surface area (Å²) in [4.78, 5) is 29.3. The first-order valence-electron chi connectivity index (χ1n) is 12.1. The molecule has 2 amide bonds. The van der Waals surface area contributed by atoms with E-state index in [2.05, 4.69) is 46.0 Å². The highest BCUT2D eigenvalue weighted by Crippen LogP contribution is 2.27. The van der Waals surface area contributed by atoms with Gasteiger partial charge in [0.25, 0.3) is 5.91 Å². The molecule has 34 heavy (non-hydrogen) atoms. The maximum Gasteiger partial charge on any atom is 0.267 e. The van der Waals surface area contributed by atoms with Gasteiger partial charge in [0.15, 0.2) is 0 Å². The molecule has 3 N–H and O–H groups in total. The monoisotopic (exact) mass is 456 g/mol. The number of fused-ring (bicyclic) bond motifs is 1. The Morgan fingerprint density at radius 2 is 1.82 bits per heavy atom. The number of hydrogen-bond donors (Lipinski definition) is 3. The number of nitrogens with one attached hydrogen (secondary N) is 3. The van der Waals surface area contributed by atoms with E-state index < -0.39 is 6.04 Å². The molecule has 6 nitrogen and oxygen atoms in total. The molecule has 0 radical (unpaired) electrons. The number of nitriles is 1. The number of hydrogen-bond acceptors (Lipinski definition) is 3. The average molecular weight is 457 g/mol. The van der Waals surface area contributed by atoms with Gasteiger partial charge >= 0.3 is 0 Å². The standard InChI is InChI=1S/C28H32N4O2/c1-18(2)14-22(17-29)30-27(33)23-10-6-7-11-24(23)32-28(34)26-16-21-13-12-20(15-25(21)31-26)19-8-4-3-5-9-19/h3-5,8-9,12-13,15-16,18,22-24,31H,6-7,10-11,14H2,1-2H3,(H,30,33)(H,32,34). The number of aromatic amines is 1. The first-order chi connectivity index (χ1) is 16.4. The van der Waals surface area contributed by atoms with Gasteiger partial charge in [-0.1, -0.05) is 69.2 Å². The van der Waals surface area contributed by atoms with Crippen LogP contribution in [-0.2, 0) is 4.79 Å². The lowest BCUT2D eigenvalue weighted by atomic mass is 9.83. The zero-order valence-corrected chi connectivity index (χ0v) is 19.8. The Balaban J connectivity index is 1.47. The molecule has 1 aromatic heterocycles. The lowest BCUT2D eigenvalue weighted by Gasteiger charge is -2.31. The number of carbonyl (C=O) groups excluding carboxylic acids is 2. The summed E-state index contributed by atoms with van der Waals surface area (Å²) in [7, 11) is 0. The van der Waals surface area contributed by atoms with Crippen LogP contribution < -0.4 is 10.6 Å². The van der Waals surface area contributed by atoms with Gasteiger partial charge in [0.1, 0.15) is 11.7 Å². The molecule has 1 saturated carbocycles. The summed E-state index contributed by atoms with van der Waals surface area (Å²) in [6.45, 7) is 4.06. The maximum absolute atomic E-state index is 13.1. The first-order valence-corrected chi connectivity index (χ1v) is 12.1. The Bertz CT molecular complexity index is 1190. The van der Waals surface area contributed by atoms with E-state index in [-0.39, 0.29) is 23.8 Å². The van der Waals surface area contributed by atoms with Crippen LogP contribution in [0, 0.1) is 23.2 Å². The maximum atomic E-state index is 13.1. The number of benzene rings is 2. The van der Waals surface area contributed by atoms with Crippen LogP contribution in [0.1, 0.15) is 56.4 Å². The Labute approximate surface area is 200 Å². The van der Waals surface area contributed by atoms with Gasteiger partial charge in [0, 0.05) is 16.9 Å². The molecule has 0 bridgehead atoms. The van der Waals surface area contributed by atoms with Crippen LogP contribution in [0.5, 0.6) is 0 Å². The van der Waals surface area contributed by atoms with Crippen molar-refractivity contribution in [3.8, 4) is 17.2 Å². The minimum absolute atomic E-state index is 0.138. The highest BCUT2D eigenvalue weighted by molar-refractivity contribution is 5.99. The van der Waals surface area contributed by atoms with Crippen LogP contribution in [0.4, 0.5) is 0 Å². The fraction of sp³-hybridized carbons (Fsp3) is 0.393. The van der Waals surface area contributed by atoms with Crippen molar-refractivity contribution in [1.29, 1.82) is 5.26 Å². The fourth-order valence-corrected chi connectivity index (χ4v) is 4.82. The van der Waals surface area contributed by atoms with Crippen molar-refractivity contribution in [3.05, 3.63) is 60.3 Å². The normalized spacial score (nSPS) is 18.9. The number of aromatic nitrogens is 1. The van der Waals surface area contributed by atoms with Crippen LogP contribution in [-0.4, -0.2) is 28.9 Å². The molecular formula is C28H32N4O2. The Hall–Kier alpha value is -3.59. The minimum Gasteiger partial charge on any atom is -0.351 e. The number of H-pyrrole nitrogens is 1. The summed E-state index contributed by atoms with van der Waals surface area (Å²) in [6, 6.07) is 19.5. The topological polar surface area (TPSA) is 97.8 Å². The predicted octanol–water partition coefficient (Wildman–Crippen LogP) is 5.18. The lowest BCUT2D eigenvalue weighted by Crippen LogP contribution is -2.50. The van der Waals surface area contributed by atoms with Crippen LogP contribution in [0.2, 0.25) is 0 Å². The van der Waals surface area contributed by atoms with Gasteiger partial charge in [-0.2, -0.15) is 5.26 Å². The predicted molar refractivity (Wildman–Crippen MR) is 134 cm³/mol. The third-order valence-corrected chi connectivity index (χ3v) is 6.57. The highest BCUT2D eigenvalue weighted by Gasteiger charge is 2.33. The molecule has 6 heteroatoms. The van der Waals surface area contributed by atoms with Crippen LogP contribution in [0.3, 0.4) is 0 Å². The fourth-order valence-electron chi connectivity index (χ4n) is 4.82. The first kappa shape index (κ1) is 23.6. The van der Waals surface area contributed by atoms with Crippen LogP contribution in [0.25, 0.3) is 22.0 Å². The van der Waals surface area contributed by atoms with E-state index in [9.17, 15) is 14.9 Å². The van der Waals surface area contributed by atoms with Gasteiger partial charge in [-0.3, -0.25) is 9.59 Å². The van der Waals surface area contributed by atoms with E-state index in [1.807, 2.05) is 44.2 Å². The third kappa shape index (κ3) is 5.48. The van der Waals surface area contributed by atoms with Crippen molar-refractivity contribution >= 4 is 22.7 Å². The molecule has 3 aromatic rings. The smallest absolute Gasteiger partial charge is 0.267 e. The molecule has 1 heterocycles. The van der Waals surface area contributed by atoms with Gasteiger partial charge in [0.05, 0.1) is 12.0 Å². The SMILES string of the molecule is CC(C)CC(C#N)NC(=O)C1CCCCC1NC(=O)c1cc2ccc(-c3ccccc3)cc2[nH]1. The molecular weight excluding hydrogens is 424 g/mol. The zero-order valence-electron chi connectivity index (χ0n) is 19.8. The molecule has 4 rings (SSSR count). The van der Waals surface area contributed by atoms with E-state index in [0.717, 1.165) is 41.3 Å². The summed E-state index contributed by atoms with van der Waals surface area (Å²) in [6.07, 6.45) is 4.00. The molecule has 0 aliphatic heterocycles. The summed E-state index contributed by atoms with van der Waals surface area (Å²) < 4.78 is 0. The van der Waals surface area contributed by atoms with Crippen molar-refractivity contribution in [2.75, 3.05) is 0 Å². The number of nitrogens with zero attached hydrogens (tertiary/aromatic N) is 1. The number of carbonyl (C=O) groups is 2. The van der Waals surface area contributed by atoms with E-state index in [1.165, 1.54) is 0 Å². The van der Waals surface area contributed by atoms with Crippen LogP contribution >= 0.6 is 0 Å². The van der Waals surface area contributed by atoms with Gasteiger partial charge in [0.2, 0.25) is 5.91 Å². The van der Waals surface area contributed by atoms with Gasteiger partial charge < -0.3 is 15.6 Å². The number of rotatable bonds is 7. The average Bonchev–Trinajstić information content (AvgIpc) is 3.28. The quantitative estimate of drug-likeness (QED) is 0.457. The summed E-state index contributed by atoms with van der Waals surface area (Å²) in [5.41, 5.74) is 3.59. The van der Waals surface area contributed by atoms with Crippen molar-refractivity contribution in [2.45, 2.75) is 58.0 Å². The molecule has 176 valence electrons. The van der Waals surface area contributed by atoms with E-state index >= 15 is 0 Å². The minimum atomic E-state index is -0.502.